The van der Waals surface area contributed by atoms with Crippen molar-refractivity contribution in [1.29, 1.82) is 0 Å². The van der Waals surface area contributed by atoms with E-state index in [1.807, 2.05) is 0 Å². The Kier molecular flexibility index (Phi) is 5.07. The molecule has 0 unspecified atom stereocenters. The van der Waals surface area contributed by atoms with E-state index in [2.05, 4.69) is 6.58 Å². The first-order valence-corrected chi connectivity index (χ1v) is 9.72. The molecule has 156 valence electrons. The van der Waals surface area contributed by atoms with Gasteiger partial charge in [0.15, 0.2) is 5.78 Å². The van der Waals surface area contributed by atoms with Crippen molar-refractivity contribution < 1.29 is 34.1 Å². The number of carbonyl (C=O) groups excluding carboxylic acids is 3. The van der Waals surface area contributed by atoms with Gasteiger partial charge in [-0.2, -0.15) is 0 Å². The lowest BCUT2D eigenvalue weighted by molar-refractivity contribution is -0.152. The Morgan fingerprint density at radius 2 is 1.97 bits per heavy atom. The standard InChI is InChI=1S/C23H22O7/c1-11-7-17(29-18(27)8-13-3-5-15(25)6-4-13)20-12(2)23(28)30-22(20)21-14(10-24)9-16(26)19(11)21/h3-6,9,17,20-22,24-25H,2,7-8,10H2,1H3/t17-,20-,21-,22+/m0/s1. The highest BCUT2D eigenvalue weighted by Gasteiger charge is 2.54. The molecular weight excluding hydrogens is 388 g/mol. The van der Waals surface area contributed by atoms with Crippen molar-refractivity contribution in [3.63, 3.8) is 0 Å². The number of aromatic hydroxyl groups is 1. The lowest BCUT2D eigenvalue weighted by atomic mass is 9.82. The number of fused-ring (bicyclic) bond motifs is 3. The number of allylic oxidation sites excluding steroid dienone is 1. The molecule has 1 fully saturated rings. The molecule has 4 atom stereocenters. The average Bonchev–Trinajstić information content (AvgIpc) is 3.15. The van der Waals surface area contributed by atoms with Crippen LogP contribution in [0.15, 0.2) is 59.2 Å². The van der Waals surface area contributed by atoms with E-state index in [1.54, 1.807) is 19.1 Å². The van der Waals surface area contributed by atoms with Crippen molar-refractivity contribution in [2.24, 2.45) is 11.8 Å². The summed E-state index contributed by atoms with van der Waals surface area (Å²) in [7, 11) is 0. The lowest BCUT2D eigenvalue weighted by Gasteiger charge is -2.28. The molecule has 1 saturated heterocycles. The molecule has 0 spiro atoms. The molecule has 30 heavy (non-hydrogen) atoms. The first-order valence-electron chi connectivity index (χ1n) is 9.72. The minimum Gasteiger partial charge on any atom is -0.508 e. The predicted octanol–water partition coefficient (Wildman–Crippen LogP) is 1.78. The highest BCUT2D eigenvalue weighted by atomic mass is 16.6. The van der Waals surface area contributed by atoms with Gasteiger partial charge in [-0.1, -0.05) is 24.3 Å². The summed E-state index contributed by atoms with van der Waals surface area (Å²) >= 11 is 0. The molecule has 0 radical (unpaired) electrons. The number of esters is 2. The molecule has 1 aromatic rings. The van der Waals surface area contributed by atoms with Crippen LogP contribution in [-0.4, -0.2) is 46.7 Å². The van der Waals surface area contributed by atoms with Crippen LogP contribution in [-0.2, 0) is 30.3 Å². The number of benzene rings is 1. The smallest absolute Gasteiger partial charge is 0.334 e. The number of ether oxygens (including phenoxy) is 2. The van der Waals surface area contributed by atoms with E-state index in [0.717, 1.165) is 5.57 Å². The molecule has 2 aliphatic carbocycles. The van der Waals surface area contributed by atoms with Crippen molar-refractivity contribution in [3.05, 3.63) is 64.8 Å². The average molecular weight is 410 g/mol. The molecular formula is C23H22O7. The summed E-state index contributed by atoms with van der Waals surface area (Å²) in [6, 6.07) is 6.23. The van der Waals surface area contributed by atoms with Gasteiger partial charge in [0.2, 0.25) is 0 Å². The Labute approximate surface area is 173 Å². The van der Waals surface area contributed by atoms with Gasteiger partial charge < -0.3 is 19.7 Å². The third kappa shape index (κ3) is 3.35. The zero-order valence-electron chi connectivity index (χ0n) is 16.5. The van der Waals surface area contributed by atoms with Gasteiger partial charge in [-0.25, -0.2) is 4.79 Å². The fourth-order valence-electron chi connectivity index (χ4n) is 4.63. The fraction of sp³-hybridized carbons (Fsp3) is 0.348. The summed E-state index contributed by atoms with van der Waals surface area (Å²) in [6.07, 6.45) is 0.183. The van der Waals surface area contributed by atoms with Crippen LogP contribution in [0.25, 0.3) is 0 Å². The van der Waals surface area contributed by atoms with Crippen LogP contribution in [0.1, 0.15) is 18.9 Å². The van der Waals surface area contributed by atoms with Crippen molar-refractivity contribution >= 4 is 17.7 Å². The maximum absolute atomic E-state index is 12.6. The summed E-state index contributed by atoms with van der Waals surface area (Å²) in [5, 5.41) is 19.1. The van der Waals surface area contributed by atoms with E-state index in [-0.39, 0.29) is 36.6 Å². The maximum Gasteiger partial charge on any atom is 0.334 e. The van der Waals surface area contributed by atoms with Crippen molar-refractivity contribution in [2.75, 3.05) is 6.61 Å². The number of rotatable bonds is 4. The van der Waals surface area contributed by atoms with Gasteiger partial charge in [0.05, 0.1) is 18.9 Å². The summed E-state index contributed by atoms with van der Waals surface area (Å²) < 4.78 is 11.3. The summed E-state index contributed by atoms with van der Waals surface area (Å²) in [5.41, 5.74) is 2.60. The van der Waals surface area contributed by atoms with Crippen molar-refractivity contribution in [2.45, 2.75) is 32.0 Å². The molecule has 0 aromatic heterocycles. The number of ketones is 1. The SMILES string of the molecule is C=C1C(=O)O[C@H]2[C@H]3C(CO)=CC(=O)C3=C(C)C[C@H](OC(=O)Cc3ccc(O)cc3)[C@H]12. The Morgan fingerprint density at radius 3 is 2.63 bits per heavy atom. The molecule has 4 rings (SSSR count). The maximum atomic E-state index is 12.6. The van der Waals surface area contributed by atoms with Gasteiger partial charge >= 0.3 is 11.9 Å². The second kappa shape index (κ2) is 7.57. The van der Waals surface area contributed by atoms with Crippen molar-refractivity contribution in [3.8, 4) is 5.75 Å². The summed E-state index contributed by atoms with van der Waals surface area (Å²) in [4.78, 5) is 37.5. The molecule has 2 N–H and O–H groups in total. The Hall–Kier alpha value is -3.19. The number of aliphatic hydroxyl groups is 1. The molecule has 1 heterocycles. The van der Waals surface area contributed by atoms with Gasteiger partial charge in [-0.3, -0.25) is 9.59 Å². The first-order chi connectivity index (χ1) is 14.3. The minimum absolute atomic E-state index is 0.00474. The van der Waals surface area contributed by atoms with Crippen LogP contribution in [0.4, 0.5) is 0 Å². The highest BCUT2D eigenvalue weighted by Crippen LogP contribution is 2.48. The zero-order valence-corrected chi connectivity index (χ0v) is 16.5. The van der Waals surface area contributed by atoms with Gasteiger partial charge in [0, 0.05) is 23.5 Å². The summed E-state index contributed by atoms with van der Waals surface area (Å²) in [5.74, 6) is -2.37. The fourth-order valence-corrected chi connectivity index (χ4v) is 4.63. The van der Waals surface area contributed by atoms with Gasteiger partial charge in [0.25, 0.3) is 0 Å². The summed E-state index contributed by atoms with van der Waals surface area (Å²) in [6.45, 7) is 5.31. The second-order valence-electron chi connectivity index (χ2n) is 7.91. The number of hydrogen-bond donors (Lipinski definition) is 2. The quantitative estimate of drug-likeness (QED) is 0.575. The molecule has 7 nitrogen and oxygen atoms in total. The number of carbonyl (C=O) groups is 3. The Balaban J connectivity index is 1.63. The van der Waals surface area contributed by atoms with Gasteiger partial charge in [0.1, 0.15) is 18.0 Å². The molecule has 1 aliphatic heterocycles. The third-order valence-corrected chi connectivity index (χ3v) is 6.00. The highest BCUT2D eigenvalue weighted by molar-refractivity contribution is 6.09. The van der Waals surface area contributed by atoms with Crippen molar-refractivity contribution in [1.82, 2.24) is 0 Å². The van der Waals surface area contributed by atoms with E-state index in [4.69, 9.17) is 9.47 Å². The first kappa shape index (κ1) is 20.1. The van der Waals surface area contributed by atoms with Gasteiger partial charge in [-0.15, -0.1) is 0 Å². The predicted molar refractivity (Wildman–Crippen MR) is 105 cm³/mol. The Bertz CT molecular complexity index is 999. The van der Waals surface area contributed by atoms with Crippen LogP contribution in [0.5, 0.6) is 5.75 Å². The van der Waals surface area contributed by atoms with E-state index >= 15 is 0 Å². The molecule has 0 saturated carbocycles. The van der Waals surface area contributed by atoms with Crippen LogP contribution >= 0.6 is 0 Å². The van der Waals surface area contributed by atoms with E-state index in [0.29, 0.717) is 16.7 Å². The number of hydrogen-bond acceptors (Lipinski definition) is 7. The monoisotopic (exact) mass is 410 g/mol. The van der Waals surface area contributed by atoms with Gasteiger partial charge in [-0.05, 0) is 36.3 Å². The zero-order chi connectivity index (χ0) is 21.6. The number of aliphatic hydroxyl groups excluding tert-OH is 1. The topological polar surface area (TPSA) is 110 Å². The largest absolute Gasteiger partial charge is 0.508 e. The molecule has 0 bridgehead atoms. The third-order valence-electron chi connectivity index (χ3n) is 6.00. The molecule has 0 amide bonds. The normalized spacial score (nSPS) is 27.9. The minimum atomic E-state index is -0.756. The lowest BCUT2D eigenvalue weighted by Crippen LogP contribution is -2.36. The second-order valence-corrected chi connectivity index (χ2v) is 7.91. The van der Waals surface area contributed by atoms with Crippen LogP contribution in [0.3, 0.4) is 0 Å². The Morgan fingerprint density at radius 1 is 1.27 bits per heavy atom. The number of phenolic OH excluding ortho intramolecular Hbond substituents is 1. The van der Waals surface area contributed by atoms with E-state index in [1.165, 1.54) is 18.2 Å². The molecule has 1 aromatic carbocycles. The molecule has 7 heteroatoms. The molecule has 3 aliphatic rings. The van der Waals surface area contributed by atoms with Crippen LogP contribution in [0, 0.1) is 11.8 Å². The van der Waals surface area contributed by atoms with Crippen LogP contribution < -0.4 is 0 Å². The van der Waals surface area contributed by atoms with E-state index in [9.17, 15) is 24.6 Å². The van der Waals surface area contributed by atoms with E-state index < -0.39 is 36.0 Å². The van der Waals surface area contributed by atoms with Crippen LogP contribution in [0.2, 0.25) is 0 Å². The number of phenols is 1.